The lowest BCUT2D eigenvalue weighted by atomic mass is 10.0. The predicted octanol–water partition coefficient (Wildman–Crippen LogP) is 3.21. The number of unbranched alkanes of at least 4 members (excludes halogenated alkanes) is 4. The minimum Gasteiger partial charge on any atom is -0.396 e. The van der Waals surface area contributed by atoms with E-state index in [1.165, 1.54) is 38.5 Å². The first kappa shape index (κ1) is 22.8. The first-order valence-corrected chi connectivity index (χ1v) is 9.67. The van der Waals surface area contributed by atoms with E-state index in [0.29, 0.717) is 0 Å². The molecule has 0 heterocycles. The molecule has 0 bridgehead atoms. The molecule has 0 saturated heterocycles. The van der Waals surface area contributed by atoms with Gasteiger partial charge in [0, 0.05) is 26.1 Å². The van der Waals surface area contributed by atoms with Crippen LogP contribution in [0.5, 0.6) is 0 Å². The largest absolute Gasteiger partial charge is 0.396 e. The van der Waals surface area contributed by atoms with Gasteiger partial charge in [0.2, 0.25) is 0 Å². The minimum absolute atomic E-state index is 0.208. The second kappa shape index (κ2) is 15.4. The van der Waals surface area contributed by atoms with Crippen molar-refractivity contribution < 1.29 is 19.4 Å². The molecule has 4 nitrogen and oxygen atoms in total. The van der Waals surface area contributed by atoms with E-state index in [1.807, 2.05) is 0 Å². The van der Waals surface area contributed by atoms with Crippen LogP contribution in [0.2, 0.25) is 0 Å². The second-order valence-corrected chi connectivity index (χ2v) is 7.51. The van der Waals surface area contributed by atoms with E-state index in [9.17, 15) is 5.11 Å². The van der Waals surface area contributed by atoms with Crippen molar-refractivity contribution in [2.45, 2.75) is 65.2 Å². The Labute approximate surface area is 144 Å². The number of hydrogen-bond acceptors (Lipinski definition) is 3. The molecule has 2 N–H and O–H groups in total. The fourth-order valence-corrected chi connectivity index (χ4v) is 2.97. The standard InChI is InChI=1S/C19H42NO3/c1-19(2)11-7-5-4-6-8-17-23-18-10-13-20(3,14-16-22)12-9-15-21/h19,21-22H,4-18H2,1-3H3/q+1. The molecule has 1 unspecified atom stereocenters. The summed E-state index contributed by atoms with van der Waals surface area (Å²) in [6, 6.07) is 0. The maximum Gasteiger partial charge on any atom is 0.102 e. The average Bonchev–Trinajstić information content (AvgIpc) is 2.50. The molecule has 0 fully saturated rings. The highest BCUT2D eigenvalue weighted by Crippen LogP contribution is 2.10. The highest BCUT2D eigenvalue weighted by molar-refractivity contribution is 4.49. The molecule has 0 radical (unpaired) electrons. The van der Waals surface area contributed by atoms with Gasteiger partial charge in [0.15, 0.2) is 0 Å². The Balaban J connectivity index is 3.45. The van der Waals surface area contributed by atoms with Gasteiger partial charge in [-0.15, -0.1) is 0 Å². The molecule has 0 spiro atoms. The van der Waals surface area contributed by atoms with Crippen molar-refractivity contribution in [2.75, 3.05) is 53.1 Å². The summed E-state index contributed by atoms with van der Waals surface area (Å²) in [5.74, 6) is 0.839. The molecule has 0 aliphatic carbocycles. The van der Waals surface area contributed by atoms with Crippen molar-refractivity contribution in [2.24, 2.45) is 5.92 Å². The van der Waals surface area contributed by atoms with Crippen molar-refractivity contribution >= 4 is 0 Å². The lowest BCUT2D eigenvalue weighted by Gasteiger charge is -2.34. The summed E-state index contributed by atoms with van der Waals surface area (Å²) in [5, 5.41) is 18.2. The molecule has 23 heavy (non-hydrogen) atoms. The van der Waals surface area contributed by atoms with Crippen LogP contribution in [0.15, 0.2) is 0 Å². The zero-order chi connectivity index (χ0) is 17.4. The van der Waals surface area contributed by atoms with Crippen LogP contribution in [0.25, 0.3) is 0 Å². The Morgan fingerprint density at radius 2 is 1.35 bits per heavy atom. The number of ether oxygens (including phenoxy) is 1. The molecule has 0 aromatic carbocycles. The van der Waals surface area contributed by atoms with Crippen LogP contribution in [0, 0.1) is 5.92 Å². The number of aliphatic hydroxyl groups excluding tert-OH is 2. The summed E-state index contributed by atoms with van der Waals surface area (Å²) in [6.45, 7) is 9.41. The molecule has 0 saturated carbocycles. The van der Waals surface area contributed by atoms with Gasteiger partial charge in [-0.1, -0.05) is 46.0 Å². The van der Waals surface area contributed by atoms with E-state index >= 15 is 0 Å². The Hall–Kier alpha value is -0.160. The Morgan fingerprint density at radius 1 is 0.739 bits per heavy atom. The molecule has 0 aromatic rings. The first-order valence-electron chi connectivity index (χ1n) is 9.67. The van der Waals surface area contributed by atoms with Gasteiger partial charge in [-0.05, 0) is 12.3 Å². The molecule has 4 heteroatoms. The Bertz CT molecular complexity index is 249. The SMILES string of the molecule is CC(C)CCCCCCCOCCC[N+](C)(CCO)CCCO. The third kappa shape index (κ3) is 15.1. The van der Waals surface area contributed by atoms with Crippen LogP contribution in [0.3, 0.4) is 0 Å². The highest BCUT2D eigenvalue weighted by Gasteiger charge is 2.19. The van der Waals surface area contributed by atoms with E-state index in [2.05, 4.69) is 20.9 Å². The van der Waals surface area contributed by atoms with Gasteiger partial charge in [0.1, 0.15) is 6.54 Å². The lowest BCUT2D eigenvalue weighted by Crippen LogP contribution is -2.48. The van der Waals surface area contributed by atoms with E-state index in [-0.39, 0.29) is 13.2 Å². The molecule has 0 aromatic heterocycles. The number of rotatable bonds is 17. The first-order chi connectivity index (χ1) is 11.0. The van der Waals surface area contributed by atoms with Gasteiger partial charge in [-0.3, -0.25) is 0 Å². The lowest BCUT2D eigenvalue weighted by molar-refractivity contribution is -0.910. The van der Waals surface area contributed by atoms with Crippen LogP contribution >= 0.6 is 0 Å². The Kier molecular flexibility index (Phi) is 15.3. The molecular weight excluding hydrogens is 290 g/mol. The van der Waals surface area contributed by atoms with Crippen molar-refractivity contribution in [1.82, 2.24) is 0 Å². The van der Waals surface area contributed by atoms with E-state index in [4.69, 9.17) is 9.84 Å². The van der Waals surface area contributed by atoms with Crippen molar-refractivity contribution in [3.63, 3.8) is 0 Å². The van der Waals surface area contributed by atoms with E-state index < -0.39 is 0 Å². The van der Waals surface area contributed by atoms with Crippen LogP contribution in [0.1, 0.15) is 65.2 Å². The quantitative estimate of drug-likeness (QED) is 0.318. The van der Waals surface area contributed by atoms with Gasteiger partial charge < -0.3 is 19.4 Å². The predicted molar refractivity (Wildman–Crippen MR) is 97.6 cm³/mol. The summed E-state index contributed by atoms with van der Waals surface area (Å²) >= 11 is 0. The van der Waals surface area contributed by atoms with Crippen molar-refractivity contribution in [1.29, 1.82) is 0 Å². The third-order valence-electron chi connectivity index (χ3n) is 4.55. The number of nitrogens with zero attached hydrogens (tertiary/aromatic N) is 1. The highest BCUT2D eigenvalue weighted by atomic mass is 16.5. The van der Waals surface area contributed by atoms with Gasteiger partial charge in [-0.2, -0.15) is 0 Å². The zero-order valence-electron chi connectivity index (χ0n) is 15.9. The number of hydrogen-bond donors (Lipinski definition) is 2. The number of quaternary nitrogens is 1. The van der Waals surface area contributed by atoms with Gasteiger partial charge in [0.25, 0.3) is 0 Å². The second-order valence-electron chi connectivity index (χ2n) is 7.51. The monoisotopic (exact) mass is 332 g/mol. The third-order valence-corrected chi connectivity index (χ3v) is 4.55. The summed E-state index contributed by atoms with van der Waals surface area (Å²) < 4.78 is 6.56. The molecule has 0 amide bonds. The maximum absolute atomic E-state index is 9.18. The molecule has 0 aliphatic rings. The van der Waals surface area contributed by atoms with Gasteiger partial charge in [0.05, 0.1) is 33.4 Å². The average molecular weight is 333 g/mol. The fourth-order valence-electron chi connectivity index (χ4n) is 2.97. The molecule has 1 atom stereocenters. The number of likely N-dealkylation sites (N-methyl/N-ethyl adjacent to an activating group) is 1. The number of aliphatic hydroxyl groups is 2. The molecule has 0 rings (SSSR count). The normalized spacial score (nSPS) is 14.3. The maximum atomic E-state index is 9.18. The molecular formula is C19H42NO3+. The van der Waals surface area contributed by atoms with Crippen molar-refractivity contribution in [3.05, 3.63) is 0 Å². The summed E-state index contributed by atoms with van der Waals surface area (Å²) in [5.41, 5.74) is 0. The van der Waals surface area contributed by atoms with Gasteiger partial charge in [-0.25, -0.2) is 0 Å². The smallest absolute Gasteiger partial charge is 0.102 e. The van der Waals surface area contributed by atoms with Crippen LogP contribution in [-0.2, 0) is 4.74 Å². The fraction of sp³-hybridized carbons (Fsp3) is 1.00. The molecule has 0 aliphatic heterocycles. The van der Waals surface area contributed by atoms with E-state index in [1.54, 1.807) is 0 Å². The summed E-state index contributed by atoms with van der Waals surface area (Å²) in [6.07, 6.45) is 9.71. The summed E-state index contributed by atoms with van der Waals surface area (Å²) in [7, 11) is 2.16. The summed E-state index contributed by atoms with van der Waals surface area (Å²) in [4.78, 5) is 0. The minimum atomic E-state index is 0.208. The van der Waals surface area contributed by atoms with Crippen LogP contribution in [0.4, 0.5) is 0 Å². The van der Waals surface area contributed by atoms with Crippen molar-refractivity contribution in [3.8, 4) is 0 Å². The van der Waals surface area contributed by atoms with Crippen LogP contribution in [-0.4, -0.2) is 67.8 Å². The zero-order valence-corrected chi connectivity index (χ0v) is 15.9. The van der Waals surface area contributed by atoms with E-state index in [0.717, 1.165) is 56.1 Å². The Morgan fingerprint density at radius 3 is 2.00 bits per heavy atom. The molecule has 140 valence electrons. The van der Waals surface area contributed by atoms with Crippen LogP contribution < -0.4 is 0 Å². The topological polar surface area (TPSA) is 49.7 Å². The van der Waals surface area contributed by atoms with Gasteiger partial charge >= 0.3 is 0 Å².